The molecule has 0 unspecified atom stereocenters. The Balaban J connectivity index is 0.00000210. The zero-order valence-electron chi connectivity index (χ0n) is 15.0. The summed E-state index contributed by atoms with van der Waals surface area (Å²) in [5.41, 5.74) is 9.06. The topological polar surface area (TPSA) is 85.2 Å². The Morgan fingerprint density at radius 3 is 2.56 bits per heavy atom. The van der Waals surface area contributed by atoms with Crippen LogP contribution in [0.15, 0.2) is 53.1 Å². The predicted molar refractivity (Wildman–Crippen MR) is 106 cm³/mol. The second kappa shape index (κ2) is 7.90. The third-order valence-corrected chi connectivity index (χ3v) is 4.63. The van der Waals surface area contributed by atoms with E-state index in [1.165, 1.54) is 0 Å². The monoisotopic (exact) mass is 384 g/mol. The van der Waals surface area contributed by atoms with Crippen molar-refractivity contribution in [3.05, 3.63) is 54.1 Å². The number of para-hydroxylation sites is 1. The Bertz CT molecular complexity index is 935. The maximum atomic E-state index is 12.4. The Hall–Kier alpha value is -2.70. The van der Waals surface area contributed by atoms with Crippen molar-refractivity contribution in [1.29, 1.82) is 0 Å². The molecule has 1 fully saturated rings. The normalized spacial score (nSPS) is 13.1. The highest BCUT2D eigenvalue weighted by Crippen LogP contribution is 2.35. The number of amides is 1. The SMILES string of the molecule is CN(C(=O)C1CC1)c1ccccc1-c1nc(-c2ccc(CN)cc2)no1.Cl. The molecule has 2 N–H and O–H groups in total. The minimum atomic E-state index is 0. The first-order valence-corrected chi connectivity index (χ1v) is 8.67. The lowest BCUT2D eigenvalue weighted by atomic mass is 10.1. The summed E-state index contributed by atoms with van der Waals surface area (Å²) >= 11 is 0. The highest BCUT2D eigenvalue weighted by atomic mass is 35.5. The van der Waals surface area contributed by atoms with Crippen molar-refractivity contribution in [2.24, 2.45) is 11.7 Å². The number of rotatable bonds is 5. The molecule has 1 aromatic heterocycles. The van der Waals surface area contributed by atoms with E-state index in [2.05, 4.69) is 10.1 Å². The number of hydrogen-bond donors (Lipinski definition) is 1. The largest absolute Gasteiger partial charge is 0.334 e. The molecule has 1 saturated carbocycles. The summed E-state index contributed by atoms with van der Waals surface area (Å²) in [6, 6.07) is 15.3. The number of carbonyl (C=O) groups excluding carboxylic acids is 1. The van der Waals surface area contributed by atoms with Gasteiger partial charge in [0, 0.05) is 25.1 Å². The van der Waals surface area contributed by atoms with Crippen LogP contribution in [-0.4, -0.2) is 23.1 Å². The highest BCUT2D eigenvalue weighted by Gasteiger charge is 2.33. The van der Waals surface area contributed by atoms with Gasteiger partial charge in [-0.05, 0) is 30.5 Å². The Kier molecular flexibility index (Phi) is 5.58. The van der Waals surface area contributed by atoms with Crippen molar-refractivity contribution >= 4 is 24.0 Å². The van der Waals surface area contributed by atoms with E-state index in [1.807, 2.05) is 48.5 Å². The molecule has 140 valence electrons. The van der Waals surface area contributed by atoms with E-state index in [-0.39, 0.29) is 24.2 Å². The molecule has 2 aromatic carbocycles. The molecule has 1 aliphatic carbocycles. The Labute approximate surface area is 163 Å². The van der Waals surface area contributed by atoms with E-state index in [4.69, 9.17) is 10.3 Å². The lowest BCUT2D eigenvalue weighted by Crippen LogP contribution is -2.28. The maximum absolute atomic E-state index is 12.4. The molecule has 3 aromatic rings. The zero-order valence-corrected chi connectivity index (χ0v) is 15.8. The van der Waals surface area contributed by atoms with Gasteiger partial charge in [0.15, 0.2) is 0 Å². The fourth-order valence-corrected chi connectivity index (χ4v) is 2.91. The second-order valence-electron chi connectivity index (χ2n) is 6.51. The van der Waals surface area contributed by atoms with Crippen molar-refractivity contribution in [2.75, 3.05) is 11.9 Å². The van der Waals surface area contributed by atoms with Gasteiger partial charge in [-0.15, -0.1) is 12.4 Å². The lowest BCUT2D eigenvalue weighted by molar-refractivity contribution is -0.119. The maximum Gasteiger partial charge on any atom is 0.260 e. The van der Waals surface area contributed by atoms with Gasteiger partial charge in [0.1, 0.15) is 0 Å². The number of nitrogens with zero attached hydrogens (tertiary/aromatic N) is 3. The van der Waals surface area contributed by atoms with Gasteiger partial charge in [-0.25, -0.2) is 0 Å². The Morgan fingerprint density at radius 1 is 1.19 bits per heavy atom. The van der Waals surface area contributed by atoms with E-state index in [1.54, 1.807) is 11.9 Å². The summed E-state index contributed by atoms with van der Waals surface area (Å²) in [5.74, 6) is 1.19. The van der Waals surface area contributed by atoms with Crippen molar-refractivity contribution in [2.45, 2.75) is 19.4 Å². The molecule has 0 spiro atoms. The van der Waals surface area contributed by atoms with Gasteiger partial charge < -0.3 is 15.2 Å². The molecular weight excluding hydrogens is 364 g/mol. The molecule has 4 rings (SSSR count). The van der Waals surface area contributed by atoms with Crippen LogP contribution in [-0.2, 0) is 11.3 Å². The molecule has 6 nitrogen and oxygen atoms in total. The fraction of sp³-hybridized carbons (Fsp3) is 0.250. The smallest absolute Gasteiger partial charge is 0.260 e. The van der Waals surface area contributed by atoms with Crippen LogP contribution >= 0.6 is 12.4 Å². The summed E-state index contributed by atoms with van der Waals surface area (Å²) in [6.45, 7) is 0.493. The number of hydrogen-bond acceptors (Lipinski definition) is 5. The molecule has 0 bridgehead atoms. The van der Waals surface area contributed by atoms with Crippen LogP contribution in [0.5, 0.6) is 0 Å². The van der Waals surface area contributed by atoms with Crippen LogP contribution < -0.4 is 10.6 Å². The first-order chi connectivity index (χ1) is 12.7. The summed E-state index contributed by atoms with van der Waals surface area (Å²) in [5, 5.41) is 4.09. The molecule has 1 amide bonds. The van der Waals surface area contributed by atoms with E-state index < -0.39 is 0 Å². The number of anilines is 1. The number of nitrogens with two attached hydrogens (primary N) is 1. The van der Waals surface area contributed by atoms with Crippen LogP contribution in [0, 0.1) is 5.92 Å². The molecule has 1 heterocycles. The molecule has 0 saturated heterocycles. The second-order valence-corrected chi connectivity index (χ2v) is 6.51. The van der Waals surface area contributed by atoms with Crippen LogP contribution in [0.25, 0.3) is 22.8 Å². The zero-order chi connectivity index (χ0) is 18.1. The minimum Gasteiger partial charge on any atom is -0.334 e. The molecule has 27 heavy (non-hydrogen) atoms. The van der Waals surface area contributed by atoms with E-state index >= 15 is 0 Å². The van der Waals surface area contributed by atoms with Gasteiger partial charge in [0.05, 0.1) is 11.3 Å². The summed E-state index contributed by atoms with van der Waals surface area (Å²) in [7, 11) is 1.79. The standard InChI is InChI=1S/C20H20N4O2.ClH/c1-24(20(25)15-10-11-15)17-5-3-2-4-16(17)19-22-18(23-26-19)14-8-6-13(12-21)7-9-14;/h2-9,15H,10-12,21H2,1H3;1H. The molecule has 0 radical (unpaired) electrons. The lowest BCUT2D eigenvalue weighted by Gasteiger charge is -2.19. The predicted octanol–water partition coefficient (Wildman–Crippen LogP) is 3.66. The molecule has 1 aliphatic rings. The average molecular weight is 385 g/mol. The van der Waals surface area contributed by atoms with Crippen molar-refractivity contribution in [1.82, 2.24) is 10.1 Å². The van der Waals surface area contributed by atoms with Crippen molar-refractivity contribution < 1.29 is 9.32 Å². The number of carbonyl (C=O) groups is 1. The highest BCUT2D eigenvalue weighted by molar-refractivity contribution is 5.99. The van der Waals surface area contributed by atoms with Crippen LogP contribution in [0.1, 0.15) is 18.4 Å². The van der Waals surface area contributed by atoms with Gasteiger partial charge >= 0.3 is 0 Å². The first-order valence-electron chi connectivity index (χ1n) is 8.67. The van der Waals surface area contributed by atoms with Gasteiger partial charge in [-0.2, -0.15) is 4.98 Å². The third kappa shape index (κ3) is 3.86. The summed E-state index contributed by atoms with van der Waals surface area (Å²) < 4.78 is 5.48. The third-order valence-electron chi connectivity index (χ3n) is 4.63. The molecule has 7 heteroatoms. The number of benzene rings is 2. The van der Waals surface area contributed by atoms with Gasteiger partial charge in [-0.1, -0.05) is 41.6 Å². The van der Waals surface area contributed by atoms with Crippen LogP contribution in [0.3, 0.4) is 0 Å². The summed E-state index contributed by atoms with van der Waals surface area (Å²) in [4.78, 5) is 18.6. The molecule has 0 atom stereocenters. The minimum absolute atomic E-state index is 0. The van der Waals surface area contributed by atoms with Gasteiger partial charge in [0.2, 0.25) is 11.7 Å². The van der Waals surface area contributed by atoms with Crippen molar-refractivity contribution in [3.8, 4) is 22.8 Å². The van der Waals surface area contributed by atoms with Crippen LogP contribution in [0.2, 0.25) is 0 Å². The van der Waals surface area contributed by atoms with E-state index in [9.17, 15) is 4.79 Å². The summed E-state index contributed by atoms with van der Waals surface area (Å²) in [6.07, 6.45) is 1.93. The van der Waals surface area contributed by atoms with Gasteiger partial charge in [-0.3, -0.25) is 4.79 Å². The van der Waals surface area contributed by atoms with Crippen LogP contribution in [0.4, 0.5) is 5.69 Å². The fourth-order valence-electron chi connectivity index (χ4n) is 2.91. The van der Waals surface area contributed by atoms with Crippen molar-refractivity contribution in [3.63, 3.8) is 0 Å². The van der Waals surface area contributed by atoms with E-state index in [0.717, 1.165) is 35.2 Å². The molecule has 0 aliphatic heterocycles. The Morgan fingerprint density at radius 2 is 1.89 bits per heavy atom. The number of halogens is 1. The number of aromatic nitrogens is 2. The quantitative estimate of drug-likeness (QED) is 0.725. The van der Waals surface area contributed by atoms with E-state index in [0.29, 0.717) is 18.3 Å². The average Bonchev–Trinajstić information content (AvgIpc) is 3.43. The molecular formula is C20H21ClN4O2. The first kappa shape index (κ1) is 19.1. The van der Waals surface area contributed by atoms with Gasteiger partial charge in [0.25, 0.3) is 5.89 Å².